The van der Waals surface area contributed by atoms with E-state index in [2.05, 4.69) is 154 Å². The summed E-state index contributed by atoms with van der Waals surface area (Å²) in [5.41, 5.74) is 14.5. The topological polar surface area (TPSA) is 0 Å². The van der Waals surface area contributed by atoms with Crippen LogP contribution in [0.1, 0.15) is 112 Å². The van der Waals surface area contributed by atoms with Crippen molar-refractivity contribution in [1.82, 2.24) is 0 Å². The number of aryl methyl sites for hydroxylation is 2. The van der Waals surface area contributed by atoms with Crippen molar-refractivity contribution in [3.63, 3.8) is 0 Å². The monoisotopic (exact) mass is 960 g/mol. The maximum absolute atomic E-state index is 4.96. The van der Waals surface area contributed by atoms with E-state index in [1.807, 2.05) is 30.3 Å². The van der Waals surface area contributed by atoms with Gasteiger partial charge in [-0.1, -0.05) is 71.6 Å². The predicted octanol–water partition coefficient (Wildman–Crippen LogP) is 13.0. The summed E-state index contributed by atoms with van der Waals surface area (Å²) in [5, 5.41) is 0. The fourth-order valence-corrected chi connectivity index (χ4v) is 7.38. The van der Waals surface area contributed by atoms with Crippen LogP contribution < -0.4 is 0 Å². The average molecular weight is 962 g/mol. The standard InChI is InChI=1S/C23H29.C17H18.C5H5.2ClH.Pb.Zr/c1-14-9-16-11-17-10-15(2)21(23(6,7)8)13-19(17)18(16)12-20(14)22(3,4)5;1-14(16-9-5-3-6-10-16)13-15(2)17-11-7-4-8-12-17;1-2-4-5-3-1;;;;/h9,12-13H,11H2,1-8H3;3-12,14-15H,1-2H3;1-5H;2*1H;;/q-1;;-1;;;2*+2/p-2. The van der Waals surface area contributed by atoms with Crippen LogP contribution in [0.4, 0.5) is 0 Å². The van der Waals surface area contributed by atoms with Crippen LogP contribution in [-0.2, 0) is 41.5 Å². The van der Waals surface area contributed by atoms with Crippen molar-refractivity contribution in [3.05, 3.63) is 160 Å². The molecule has 0 aliphatic heterocycles. The number of rotatable bonds is 4. The van der Waals surface area contributed by atoms with Gasteiger partial charge in [0, 0.05) is 0 Å². The van der Waals surface area contributed by atoms with Crippen LogP contribution in [-0.4, -0.2) is 25.0 Å². The Kier molecular flexibility index (Phi) is 16.6. The molecule has 2 unspecified atom stereocenters. The molecule has 0 saturated carbocycles. The summed E-state index contributed by atoms with van der Waals surface area (Å²) < 4.78 is 1.61. The molecule has 0 spiro atoms. The van der Waals surface area contributed by atoms with E-state index in [4.69, 9.17) is 16.6 Å². The zero-order valence-corrected chi connectivity index (χ0v) is 38.9. The molecular formula is C45H52Cl2PbZr. The van der Waals surface area contributed by atoms with Crippen molar-refractivity contribution < 1.29 is 24.2 Å². The largest absolute Gasteiger partial charge is 0.214 e. The molecule has 0 heterocycles. The third-order valence-electron chi connectivity index (χ3n) is 9.17. The molecule has 49 heavy (non-hydrogen) atoms. The number of hydrogen-bond donors (Lipinski definition) is 0. The molecule has 1 aliphatic carbocycles. The van der Waals surface area contributed by atoms with Gasteiger partial charge in [-0.15, -0.1) is 16.7 Å². The molecule has 0 N–H and O–H groups in total. The normalized spacial score (nSPS) is 12.9. The van der Waals surface area contributed by atoms with Gasteiger partial charge in [-0.2, -0.15) is 35.9 Å². The van der Waals surface area contributed by atoms with Gasteiger partial charge in [-0.05, 0) is 35.4 Å². The van der Waals surface area contributed by atoms with Gasteiger partial charge in [0.1, 0.15) is 0 Å². The van der Waals surface area contributed by atoms with Gasteiger partial charge in [0.15, 0.2) is 0 Å². The van der Waals surface area contributed by atoms with Gasteiger partial charge in [-0.25, -0.2) is 12.1 Å². The number of hydrogen-bond acceptors (Lipinski definition) is 0. The fourth-order valence-electron chi connectivity index (χ4n) is 6.56. The minimum Gasteiger partial charge on any atom is -0.214 e. The van der Waals surface area contributed by atoms with Crippen LogP contribution in [0.25, 0.3) is 11.1 Å². The Morgan fingerprint density at radius 1 is 0.714 bits per heavy atom. The van der Waals surface area contributed by atoms with E-state index in [1.54, 1.807) is 27.4 Å². The maximum atomic E-state index is 4.96. The molecular weight excluding hydrogens is 910 g/mol. The van der Waals surface area contributed by atoms with Gasteiger partial charge in [0.25, 0.3) is 0 Å². The van der Waals surface area contributed by atoms with E-state index < -0.39 is 21.8 Å². The second-order valence-corrected chi connectivity index (χ2v) is 21.9. The summed E-state index contributed by atoms with van der Waals surface area (Å²) in [5.74, 6) is 1.08. The summed E-state index contributed by atoms with van der Waals surface area (Å²) in [7, 11) is 9.92. The number of fused-ring (bicyclic) bond motifs is 3. The van der Waals surface area contributed by atoms with Gasteiger partial charge >= 0.3 is 163 Å². The molecule has 2 radical (unpaired) electrons. The Hall–Kier alpha value is -1.51. The SMILES string of the molecule is CC([C](=[Zr+2])C(C)c1ccccc1)c1ccccc1.Cc1[c-]c2c(cc1C(C)(C)C)-c1cc(C(C)(C)C)c(C)cc1C2.[Cl][Pb][Cl].c1cc[cH-]c1. The minimum absolute atomic E-state index is 0.163. The van der Waals surface area contributed by atoms with Gasteiger partial charge < -0.3 is 0 Å². The summed E-state index contributed by atoms with van der Waals surface area (Å²) in [6, 6.07) is 42.5. The average Bonchev–Trinajstić information content (AvgIpc) is 3.75. The van der Waals surface area contributed by atoms with Crippen molar-refractivity contribution in [2.45, 2.75) is 98.3 Å². The molecule has 5 aromatic carbocycles. The van der Waals surface area contributed by atoms with E-state index >= 15 is 0 Å². The first kappa shape index (κ1) is 41.9. The van der Waals surface area contributed by atoms with Crippen LogP contribution in [0.15, 0.2) is 109 Å². The van der Waals surface area contributed by atoms with Crippen LogP contribution in [0.2, 0.25) is 0 Å². The van der Waals surface area contributed by atoms with Gasteiger partial charge in [-0.3, -0.25) is 0 Å². The van der Waals surface area contributed by atoms with Crippen LogP contribution in [0.5, 0.6) is 0 Å². The molecule has 4 heteroatoms. The molecule has 2 atom stereocenters. The molecule has 0 amide bonds. The molecule has 0 fully saturated rings. The molecule has 0 nitrogen and oxygen atoms in total. The zero-order valence-electron chi connectivity index (χ0n) is 31.0. The Labute approximate surface area is 331 Å². The molecule has 0 aromatic heterocycles. The molecule has 0 bridgehead atoms. The first-order valence-electron chi connectivity index (χ1n) is 17.1. The summed E-state index contributed by atoms with van der Waals surface area (Å²) in [4.78, 5) is 0. The first-order chi connectivity index (χ1) is 23.1. The van der Waals surface area contributed by atoms with Crippen LogP contribution in [0.3, 0.4) is 0 Å². The quantitative estimate of drug-likeness (QED) is 0.122. The molecule has 1 aliphatic rings. The minimum atomic E-state index is -0.972. The summed E-state index contributed by atoms with van der Waals surface area (Å²) in [6.45, 7) is 22.9. The van der Waals surface area contributed by atoms with E-state index in [1.165, 1.54) is 55.6 Å². The summed E-state index contributed by atoms with van der Waals surface area (Å²) >= 11 is 0.569. The van der Waals surface area contributed by atoms with E-state index in [0.29, 0.717) is 11.8 Å². The van der Waals surface area contributed by atoms with E-state index in [-0.39, 0.29) is 10.8 Å². The third kappa shape index (κ3) is 12.0. The Morgan fingerprint density at radius 3 is 1.57 bits per heavy atom. The summed E-state index contributed by atoms with van der Waals surface area (Å²) in [6.07, 6.45) is 1.03. The molecule has 6 rings (SSSR count). The van der Waals surface area contributed by atoms with Gasteiger partial charge in [0.2, 0.25) is 0 Å². The number of halogens is 2. The van der Waals surface area contributed by atoms with Gasteiger partial charge in [0.05, 0.1) is 0 Å². The number of benzene rings is 4. The molecule has 5 aromatic rings. The van der Waals surface area contributed by atoms with Crippen molar-refractivity contribution in [1.29, 1.82) is 0 Å². The van der Waals surface area contributed by atoms with Crippen molar-refractivity contribution >= 4 is 41.6 Å². The Bertz CT molecular complexity index is 1610. The van der Waals surface area contributed by atoms with Crippen molar-refractivity contribution in [3.8, 4) is 11.1 Å². The predicted molar refractivity (Wildman–Crippen MR) is 215 cm³/mol. The maximum Gasteiger partial charge on any atom is -0.172 e. The van der Waals surface area contributed by atoms with Crippen LogP contribution >= 0.6 is 16.6 Å². The Balaban J connectivity index is 0.000000221. The second kappa shape index (κ2) is 19.4. The van der Waals surface area contributed by atoms with E-state index in [9.17, 15) is 0 Å². The van der Waals surface area contributed by atoms with Crippen molar-refractivity contribution in [2.75, 3.05) is 0 Å². The first-order valence-corrected chi connectivity index (χ1v) is 27.9. The smallest absolute Gasteiger partial charge is 0.172 e. The molecule has 0 saturated heterocycles. The third-order valence-corrected chi connectivity index (χ3v) is 11.3. The molecule has 254 valence electrons. The van der Waals surface area contributed by atoms with Crippen molar-refractivity contribution in [2.24, 2.45) is 0 Å². The zero-order chi connectivity index (χ0) is 36.4. The Morgan fingerprint density at radius 2 is 1.16 bits per heavy atom. The second-order valence-electron chi connectivity index (χ2n) is 15.0. The van der Waals surface area contributed by atoms with Crippen LogP contribution in [0, 0.1) is 19.9 Å². The fraction of sp³-hybridized carbons (Fsp3) is 0.333. The van der Waals surface area contributed by atoms with E-state index in [0.717, 1.165) is 6.42 Å².